The number of hydrogen-bond donors (Lipinski definition) is 0. The standard InChI is InChI=1S/C20H32O2Si3/c1-23(2,3)21-17-9-13-19(14-10-17)25(7,8)20-15-11-18(12-16-20)22-24(4,5)6/h9-16H,1-8H3. The second kappa shape index (κ2) is 7.13. The van der Waals surface area contributed by atoms with Gasteiger partial charge in [-0.25, -0.2) is 0 Å². The van der Waals surface area contributed by atoms with Crippen LogP contribution in [0.4, 0.5) is 0 Å². The van der Waals surface area contributed by atoms with E-state index in [4.69, 9.17) is 8.85 Å². The summed E-state index contributed by atoms with van der Waals surface area (Å²) in [5, 5.41) is 2.85. The zero-order chi connectivity index (χ0) is 18.9. The summed E-state index contributed by atoms with van der Waals surface area (Å²) in [7, 11) is -4.81. The highest BCUT2D eigenvalue weighted by Crippen LogP contribution is 2.18. The van der Waals surface area contributed by atoms with Crippen LogP contribution < -0.4 is 19.2 Å². The molecule has 2 aromatic rings. The third kappa shape index (κ3) is 5.87. The van der Waals surface area contributed by atoms with Crippen LogP contribution in [0.25, 0.3) is 0 Å². The monoisotopic (exact) mass is 388 g/mol. The Morgan fingerprint density at radius 1 is 0.480 bits per heavy atom. The van der Waals surface area contributed by atoms with Gasteiger partial charge in [0.2, 0.25) is 16.6 Å². The van der Waals surface area contributed by atoms with Crippen molar-refractivity contribution in [2.45, 2.75) is 52.4 Å². The molecule has 0 saturated carbocycles. The molecule has 0 bridgehead atoms. The smallest absolute Gasteiger partial charge is 0.242 e. The molecular formula is C20H32O2Si3. The first kappa shape index (κ1) is 20.0. The lowest BCUT2D eigenvalue weighted by molar-refractivity contribution is 0.557. The molecule has 0 aliphatic carbocycles. The normalized spacial score (nSPS) is 12.8. The molecule has 2 nitrogen and oxygen atoms in total. The van der Waals surface area contributed by atoms with Crippen LogP contribution in [0.1, 0.15) is 0 Å². The molecule has 0 radical (unpaired) electrons. The van der Waals surface area contributed by atoms with E-state index in [2.05, 4.69) is 101 Å². The minimum Gasteiger partial charge on any atom is -0.544 e. The van der Waals surface area contributed by atoms with Crippen LogP contribution in [0.3, 0.4) is 0 Å². The first-order valence-electron chi connectivity index (χ1n) is 8.96. The molecule has 0 heterocycles. The highest BCUT2D eigenvalue weighted by molar-refractivity contribution is 7.00. The van der Waals surface area contributed by atoms with Gasteiger partial charge in [-0.3, -0.25) is 0 Å². The lowest BCUT2D eigenvalue weighted by Crippen LogP contribution is -2.52. The predicted molar refractivity (Wildman–Crippen MR) is 118 cm³/mol. The van der Waals surface area contributed by atoms with E-state index in [1.807, 2.05) is 0 Å². The van der Waals surface area contributed by atoms with Crippen molar-refractivity contribution in [1.29, 1.82) is 0 Å². The fraction of sp³-hybridized carbons (Fsp3) is 0.400. The van der Waals surface area contributed by atoms with E-state index in [1.54, 1.807) is 0 Å². The first-order chi connectivity index (χ1) is 11.4. The summed E-state index contributed by atoms with van der Waals surface area (Å²) in [5.74, 6) is 1.98. The Morgan fingerprint density at radius 2 is 0.760 bits per heavy atom. The Hall–Kier alpha value is -1.31. The molecule has 2 aromatic carbocycles. The topological polar surface area (TPSA) is 18.5 Å². The zero-order valence-corrected chi connectivity index (χ0v) is 19.9. The van der Waals surface area contributed by atoms with Gasteiger partial charge in [0.05, 0.1) is 0 Å². The molecule has 0 N–H and O–H groups in total. The third-order valence-electron chi connectivity index (χ3n) is 4.00. The molecule has 2 rings (SSSR count). The van der Waals surface area contributed by atoms with Crippen LogP contribution >= 0.6 is 0 Å². The second-order valence-corrected chi connectivity index (χ2v) is 22.4. The Labute approximate surface area is 156 Å². The largest absolute Gasteiger partial charge is 0.544 e. The highest BCUT2D eigenvalue weighted by atomic mass is 28.4. The fourth-order valence-corrected chi connectivity index (χ4v) is 6.77. The Morgan fingerprint density at radius 3 is 1.00 bits per heavy atom. The highest BCUT2D eigenvalue weighted by Gasteiger charge is 2.26. The van der Waals surface area contributed by atoms with E-state index in [0.29, 0.717) is 0 Å². The maximum absolute atomic E-state index is 6.08. The van der Waals surface area contributed by atoms with Crippen LogP contribution in [-0.2, 0) is 0 Å². The number of rotatable bonds is 6. The van der Waals surface area contributed by atoms with Gasteiger partial charge in [0.15, 0.2) is 0 Å². The van der Waals surface area contributed by atoms with Crippen LogP contribution in [-0.4, -0.2) is 24.7 Å². The molecule has 0 atom stereocenters. The van der Waals surface area contributed by atoms with Crippen molar-refractivity contribution in [2.75, 3.05) is 0 Å². The summed E-state index contributed by atoms with van der Waals surface area (Å²) in [4.78, 5) is 0. The van der Waals surface area contributed by atoms with Crippen molar-refractivity contribution in [3.63, 3.8) is 0 Å². The molecule has 0 spiro atoms. The maximum Gasteiger partial charge on any atom is 0.242 e. The quantitative estimate of drug-likeness (QED) is 0.653. The first-order valence-corrected chi connectivity index (χ1v) is 18.8. The molecule has 25 heavy (non-hydrogen) atoms. The predicted octanol–water partition coefficient (Wildman–Crippen LogP) is 4.94. The van der Waals surface area contributed by atoms with Crippen molar-refractivity contribution >= 4 is 35.1 Å². The Kier molecular flexibility index (Phi) is 5.71. The van der Waals surface area contributed by atoms with E-state index >= 15 is 0 Å². The molecule has 0 fully saturated rings. The molecule has 136 valence electrons. The third-order valence-corrected chi connectivity index (χ3v) is 9.25. The van der Waals surface area contributed by atoms with Crippen molar-refractivity contribution in [1.82, 2.24) is 0 Å². The van der Waals surface area contributed by atoms with Gasteiger partial charge < -0.3 is 8.85 Å². The average Bonchev–Trinajstić information content (AvgIpc) is 2.45. The molecule has 0 aliphatic heterocycles. The van der Waals surface area contributed by atoms with Crippen LogP contribution in [0.5, 0.6) is 11.5 Å². The van der Waals surface area contributed by atoms with Gasteiger partial charge in [-0.1, -0.05) is 47.7 Å². The minimum atomic E-state index is -1.71. The molecular weight excluding hydrogens is 356 g/mol. The molecule has 0 unspecified atom stereocenters. The van der Waals surface area contributed by atoms with Crippen molar-refractivity contribution < 1.29 is 8.85 Å². The summed E-state index contributed by atoms with van der Waals surface area (Å²) in [6, 6.07) is 17.5. The van der Waals surface area contributed by atoms with Gasteiger partial charge in [0.25, 0.3) is 0 Å². The Balaban J connectivity index is 2.20. The summed E-state index contributed by atoms with van der Waals surface area (Å²) in [5.41, 5.74) is 0. The van der Waals surface area contributed by atoms with Crippen LogP contribution in [0.15, 0.2) is 48.5 Å². The molecule has 0 saturated heterocycles. The average molecular weight is 389 g/mol. The summed E-state index contributed by atoms with van der Waals surface area (Å²) < 4.78 is 12.2. The van der Waals surface area contributed by atoms with Crippen molar-refractivity contribution in [3.8, 4) is 11.5 Å². The van der Waals surface area contributed by atoms with E-state index < -0.39 is 24.7 Å². The summed E-state index contributed by atoms with van der Waals surface area (Å²) in [6.07, 6.45) is 0. The van der Waals surface area contributed by atoms with Gasteiger partial charge in [0, 0.05) is 0 Å². The van der Waals surface area contributed by atoms with Crippen molar-refractivity contribution in [2.24, 2.45) is 0 Å². The second-order valence-electron chi connectivity index (χ2n) is 9.10. The zero-order valence-electron chi connectivity index (χ0n) is 16.9. The van der Waals surface area contributed by atoms with Crippen LogP contribution in [0, 0.1) is 0 Å². The maximum atomic E-state index is 6.08. The molecule has 0 amide bonds. The van der Waals surface area contributed by atoms with Gasteiger partial charge in [-0.05, 0) is 63.5 Å². The van der Waals surface area contributed by atoms with Gasteiger partial charge in [0.1, 0.15) is 19.6 Å². The van der Waals surface area contributed by atoms with E-state index in [1.165, 1.54) is 10.4 Å². The fourth-order valence-electron chi connectivity index (χ4n) is 2.75. The summed E-state index contributed by atoms with van der Waals surface area (Å²) >= 11 is 0. The van der Waals surface area contributed by atoms with E-state index in [0.717, 1.165) is 11.5 Å². The van der Waals surface area contributed by atoms with E-state index in [9.17, 15) is 0 Å². The lowest BCUT2D eigenvalue weighted by atomic mass is 10.3. The lowest BCUT2D eigenvalue weighted by Gasteiger charge is -2.26. The van der Waals surface area contributed by atoms with Gasteiger partial charge in [-0.2, -0.15) is 0 Å². The van der Waals surface area contributed by atoms with Gasteiger partial charge in [-0.15, -0.1) is 0 Å². The number of hydrogen-bond acceptors (Lipinski definition) is 2. The summed E-state index contributed by atoms with van der Waals surface area (Å²) in [6.45, 7) is 18.1. The van der Waals surface area contributed by atoms with E-state index in [-0.39, 0.29) is 0 Å². The molecule has 0 aromatic heterocycles. The van der Waals surface area contributed by atoms with Gasteiger partial charge >= 0.3 is 0 Å². The minimum absolute atomic E-state index is 0.992. The Bertz CT molecular complexity index is 632. The molecule has 0 aliphatic rings. The number of benzene rings is 2. The van der Waals surface area contributed by atoms with Crippen molar-refractivity contribution in [3.05, 3.63) is 48.5 Å². The SMILES string of the molecule is C[Si](C)(C)Oc1ccc([Si](C)(C)c2ccc(O[Si](C)(C)C)cc2)cc1. The van der Waals surface area contributed by atoms with Crippen LogP contribution in [0.2, 0.25) is 52.4 Å². The molecule has 5 heteroatoms.